The summed E-state index contributed by atoms with van der Waals surface area (Å²) in [5, 5.41) is 224. The fourth-order valence-electron chi connectivity index (χ4n) is 4.53. The Kier molecular flexibility index (Phi) is 30.9. The zero-order chi connectivity index (χ0) is 46.5. The molecule has 0 aromatic carbocycles. The molecule has 25 N–H and O–H groups in total. The third-order valence-corrected chi connectivity index (χ3v) is 8.42. The molecule has 2 aliphatic heterocycles. The van der Waals surface area contributed by atoms with Crippen molar-refractivity contribution in [3.8, 4) is 0 Å². The van der Waals surface area contributed by atoms with Crippen LogP contribution in [-0.2, 0) is 19.0 Å². The van der Waals surface area contributed by atoms with E-state index < -0.39 is 181 Å². The van der Waals surface area contributed by atoms with Gasteiger partial charge < -0.3 is 147 Å². The highest BCUT2D eigenvalue weighted by atomic mass is 16.7. The van der Waals surface area contributed by atoms with Crippen LogP contribution in [0.15, 0.2) is 0 Å². The van der Waals surface area contributed by atoms with Gasteiger partial charge in [-0.1, -0.05) is 0 Å². The van der Waals surface area contributed by atoms with Gasteiger partial charge in [-0.25, -0.2) is 0 Å². The molecule has 2 fully saturated rings. The van der Waals surface area contributed by atoms with E-state index in [0.29, 0.717) is 0 Å². The summed E-state index contributed by atoms with van der Waals surface area (Å²) in [6.07, 6.45) is -35.2. The first kappa shape index (κ1) is 59.6. The first-order valence-electron chi connectivity index (χ1n) is 17.4. The van der Waals surface area contributed by atoms with Crippen LogP contribution in [0, 0.1) is 0 Å². The summed E-state index contributed by atoms with van der Waals surface area (Å²) in [5.74, 6) is 0. The van der Waals surface area contributed by atoms with Gasteiger partial charge in [-0.2, -0.15) is 0 Å². The van der Waals surface area contributed by atoms with Gasteiger partial charge in [0.25, 0.3) is 0 Å². The average Bonchev–Trinajstić information content (AvgIpc) is 3.25. The Hall–Kier alpha value is -1.45. The summed E-state index contributed by atoms with van der Waals surface area (Å²) in [6, 6.07) is 0. The van der Waals surface area contributed by atoms with E-state index in [1.807, 2.05) is 0 Å². The van der Waals surface area contributed by atoms with Gasteiger partial charge in [0.15, 0.2) is 18.9 Å². The van der Waals surface area contributed by atoms with Crippen LogP contribution >= 0.6 is 0 Å². The molecule has 22 atom stereocenters. The number of aliphatic hydroxyl groups excluding tert-OH is 25. The van der Waals surface area contributed by atoms with E-state index in [-0.39, 0.29) is 6.29 Å². The number of carbonyl (C=O) groups excluding carboxylic acids is 1. The van der Waals surface area contributed by atoms with Crippen molar-refractivity contribution < 1.29 is 147 Å². The predicted octanol–water partition coefficient (Wildman–Crippen LogP) is -15.9. The van der Waals surface area contributed by atoms with E-state index in [1.54, 1.807) is 0 Å². The molecule has 2 aliphatic rings. The molecule has 0 aromatic heterocycles. The lowest BCUT2D eigenvalue weighted by Crippen LogP contribution is -2.64. The third kappa shape index (κ3) is 18.8. The highest BCUT2D eigenvalue weighted by Crippen LogP contribution is 2.28. The minimum absolute atomic E-state index is 0.0258. The van der Waals surface area contributed by atoms with Crippen LogP contribution in [0.4, 0.5) is 0 Å². The normalized spacial score (nSPS) is 33.2. The van der Waals surface area contributed by atoms with E-state index in [0.717, 1.165) is 0 Å². The number of rotatable bonds is 19. The second-order valence-corrected chi connectivity index (χ2v) is 12.8. The van der Waals surface area contributed by atoms with Crippen LogP contribution in [0.1, 0.15) is 0 Å². The molecule has 0 aromatic rings. The van der Waals surface area contributed by atoms with Gasteiger partial charge in [0.05, 0.1) is 46.2 Å². The van der Waals surface area contributed by atoms with Gasteiger partial charge >= 0.3 is 0 Å². The van der Waals surface area contributed by atoms with E-state index in [1.165, 1.54) is 0 Å². The summed E-state index contributed by atoms with van der Waals surface area (Å²) in [4.78, 5) is 9.90. The van der Waals surface area contributed by atoms with Crippen LogP contribution in [0.2, 0.25) is 0 Å². The van der Waals surface area contributed by atoms with Crippen LogP contribution < -0.4 is 0 Å². The van der Waals surface area contributed by atoms with Crippen LogP contribution in [0.5, 0.6) is 0 Å². The molecule has 2 rings (SSSR count). The maximum absolute atomic E-state index is 9.94. The zero-order valence-electron chi connectivity index (χ0n) is 31.0. The van der Waals surface area contributed by atoms with Crippen molar-refractivity contribution in [3.05, 3.63) is 0 Å². The Balaban J connectivity index is 0. The summed E-state index contributed by atoms with van der Waals surface area (Å²) < 4.78 is 15.3. The Bertz CT molecular complexity index is 993. The Morgan fingerprint density at radius 2 is 0.763 bits per heavy atom. The highest BCUT2D eigenvalue weighted by Gasteiger charge is 2.50. The van der Waals surface area contributed by atoms with Gasteiger partial charge in [-0.15, -0.1) is 0 Å². The minimum Gasteiger partial charge on any atom is -0.394 e. The second kappa shape index (κ2) is 30.6. The molecule has 0 saturated carbocycles. The standard InChI is InChI=1S/C12H22O11.2C6H14O6.C6H12O6/c13-1-3-5(15)6(16)9(19)12(22-3)23-10-4(2-14)21-11(20)8(18)7(10)17;3*7-1-3(9)5(11)6(12)4(10)2-8/h3-20H,1-2H2;2*3-12H,1-2H2;1,3-6,8-12H,2H2/t3-,4-,5+,6+,7-,8-,9-,10-,11?,12+;3-,4+,5-,6-;3-,4-,5-,6-;3-,4+,5+,6+/m1110/s1. The maximum atomic E-state index is 9.94. The van der Waals surface area contributed by atoms with Crippen LogP contribution in [0.25, 0.3) is 0 Å². The number of aldehydes is 1. The molecule has 29 heteroatoms. The SMILES string of the molecule is O=C[C@H](O)[C@@H](O)[C@H](O)[C@H](O)CO.OC[C@@H](O)[C@@H](O)[C@H](O)[C@@H](O)CO.OC[C@@H](O)[C@@H](O)[C@H](O)[C@H](O)CO.OC[C@H]1O[C@@H](O[C@H]2[C@H](O)[C@@H](O)C(O)O[C@@H]2CO)[C@H](O)[C@@H](O)[C@H]1O. The fraction of sp³-hybridized carbons (Fsp3) is 0.967. The molecule has 2 saturated heterocycles. The smallest absolute Gasteiger partial charge is 0.187 e. The lowest BCUT2D eigenvalue weighted by molar-refractivity contribution is -0.355. The Morgan fingerprint density at radius 3 is 1.07 bits per heavy atom. The first-order chi connectivity index (χ1) is 27.4. The molecule has 0 spiro atoms. The molecule has 29 nitrogen and oxygen atoms in total. The molecule has 0 amide bonds. The van der Waals surface area contributed by atoms with E-state index in [4.69, 9.17) is 106 Å². The minimum atomic E-state index is -1.79. The summed E-state index contributed by atoms with van der Waals surface area (Å²) in [5.41, 5.74) is 0. The summed E-state index contributed by atoms with van der Waals surface area (Å²) in [7, 11) is 0. The van der Waals surface area contributed by atoms with Gasteiger partial charge in [0.1, 0.15) is 122 Å². The third-order valence-electron chi connectivity index (χ3n) is 8.42. The molecule has 1 unspecified atom stereocenters. The summed E-state index contributed by atoms with van der Waals surface area (Å²) in [6.45, 7) is -5.01. The van der Waals surface area contributed by atoms with Gasteiger partial charge in [0, 0.05) is 0 Å². The second-order valence-electron chi connectivity index (χ2n) is 12.8. The lowest BCUT2D eigenvalue weighted by Gasteiger charge is -2.45. The number of aliphatic hydroxyl groups is 25. The molecule has 2 heterocycles. The number of carbonyl (C=O) groups is 1. The molecular formula is C30H62O29. The van der Waals surface area contributed by atoms with Crippen LogP contribution in [-0.4, -0.2) is 315 Å². The molecule has 356 valence electrons. The van der Waals surface area contributed by atoms with E-state index in [9.17, 15) is 40.5 Å². The largest absolute Gasteiger partial charge is 0.394 e. The molecule has 0 aliphatic carbocycles. The van der Waals surface area contributed by atoms with Crippen molar-refractivity contribution in [1.82, 2.24) is 0 Å². The molecule has 59 heavy (non-hydrogen) atoms. The molecular weight excluding hydrogens is 824 g/mol. The Morgan fingerprint density at radius 1 is 0.424 bits per heavy atom. The quantitative estimate of drug-likeness (QED) is 0.0535. The Labute approximate surface area is 334 Å². The predicted molar refractivity (Wildman–Crippen MR) is 182 cm³/mol. The van der Waals surface area contributed by atoms with E-state index in [2.05, 4.69) is 0 Å². The molecule has 0 radical (unpaired) electrons. The fourth-order valence-corrected chi connectivity index (χ4v) is 4.53. The maximum Gasteiger partial charge on any atom is 0.187 e. The zero-order valence-corrected chi connectivity index (χ0v) is 31.0. The lowest BCUT2D eigenvalue weighted by atomic mass is 9.97. The van der Waals surface area contributed by atoms with Gasteiger partial charge in [0.2, 0.25) is 0 Å². The number of hydrogen-bond acceptors (Lipinski definition) is 29. The monoisotopic (exact) mass is 886 g/mol. The van der Waals surface area contributed by atoms with Crippen molar-refractivity contribution in [1.29, 1.82) is 0 Å². The number of hydrogen-bond donors (Lipinski definition) is 25. The van der Waals surface area contributed by atoms with Gasteiger partial charge in [-0.3, -0.25) is 0 Å². The number of ether oxygens (including phenoxy) is 3. The van der Waals surface area contributed by atoms with Crippen molar-refractivity contribution in [2.24, 2.45) is 0 Å². The van der Waals surface area contributed by atoms with E-state index >= 15 is 0 Å². The van der Waals surface area contributed by atoms with Crippen molar-refractivity contribution in [2.45, 2.75) is 135 Å². The van der Waals surface area contributed by atoms with Crippen LogP contribution in [0.3, 0.4) is 0 Å². The van der Waals surface area contributed by atoms with Crippen molar-refractivity contribution >= 4 is 6.29 Å². The van der Waals surface area contributed by atoms with Gasteiger partial charge in [-0.05, 0) is 0 Å². The first-order valence-corrected chi connectivity index (χ1v) is 17.4. The van der Waals surface area contributed by atoms with Crippen molar-refractivity contribution in [2.75, 3.05) is 46.2 Å². The topological polar surface area (TPSA) is 551 Å². The van der Waals surface area contributed by atoms with Crippen molar-refractivity contribution in [3.63, 3.8) is 0 Å². The summed E-state index contributed by atoms with van der Waals surface area (Å²) >= 11 is 0. The molecule has 0 bridgehead atoms. The highest BCUT2D eigenvalue weighted by molar-refractivity contribution is 5.56. The average molecular weight is 887 g/mol.